The molecule has 0 saturated carbocycles. The number of nitrogens with zero attached hydrogens (tertiary/aromatic N) is 2. The van der Waals surface area contributed by atoms with Gasteiger partial charge in [-0.25, -0.2) is 13.6 Å². The average molecular weight is 569 g/mol. The third-order valence-corrected chi connectivity index (χ3v) is 7.14. The van der Waals surface area contributed by atoms with Crippen LogP contribution in [0.3, 0.4) is 0 Å². The number of hydrogen-bond donors (Lipinski definition) is 2. The van der Waals surface area contributed by atoms with Crippen molar-refractivity contribution in [2.24, 2.45) is 0 Å². The molecular formula is C27H28Cl2F2N2O5. The maximum Gasteiger partial charge on any atom is 0.410 e. The van der Waals surface area contributed by atoms with Gasteiger partial charge in [-0.1, -0.05) is 40.5 Å². The zero-order valence-corrected chi connectivity index (χ0v) is 22.8. The van der Waals surface area contributed by atoms with Gasteiger partial charge in [-0.2, -0.15) is 0 Å². The first-order chi connectivity index (χ1) is 17.7. The van der Waals surface area contributed by atoms with Crippen LogP contribution in [-0.4, -0.2) is 45.1 Å². The zero-order valence-electron chi connectivity index (χ0n) is 21.3. The zero-order chi connectivity index (χ0) is 28.0. The largest absolute Gasteiger partial charge is 0.444 e. The summed E-state index contributed by atoms with van der Waals surface area (Å²) in [5, 5.41) is 27.5. The van der Waals surface area contributed by atoms with Crippen molar-refractivity contribution in [1.82, 2.24) is 10.1 Å². The van der Waals surface area contributed by atoms with E-state index in [1.54, 1.807) is 39.0 Å². The monoisotopic (exact) mass is 568 g/mol. The Morgan fingerprint density at radius 1 is 1.21 bits per heavy atom. The van der Waals surface area contributed by atoms with Crippen molar-refractivity contribution < 1.29 is 33.0 Å². The van der Waals surface area contributed by atoms with Crippen molar-refractivity contribution in [2.75, 3.05) is 13.1 Å². The van der Waals surface area contributed by atoms with Crippen molar-refractivity contribution in [1.29, 1.82) is 0 Å². The molecule has 2 heterocycles. The summed E-state index contributed by atoms with van der Waals surface area (Å²) < 4.78 is 39.2. The van der Waals surface area contributed by atoms with Gasteiger partial charge in [0.25, 0.3) is 0 Å². The number of ether oxygens (including phenoxy) is 1. The second-order valence-electron chi connectivity index (χ2n) is 10.4. The van der Waals surface area contributed by atoms with Gasteiger partial charge in [-0.05, 0) is 63.9 Å². The number of carbonyl (C=O) groups is 1. The molecule has 7 nitrogen and oxygen atoms in total. The summed E-state index contributed by atoms with van der Waals surface area (Å²) >= 11 is 12.8. The number of aliphatic hydroxyl groups is 2. The molecule has 1 fully saturated rings. The number of halogens is 4. The van der Waals surface area contributed by atoms with Crippen molar-refractivity contribution in [3.05, 3.63) is 74.9 Å². The molecule has 2 N–H and O–H groups in total. The lowest BCUT2D eigenvalue weighted by Gasteiger charge is -2.44. The Morgan fingerprint density at radius 3 is 2.45 bits per heavy atom. The van der Waals surface area contributed by atoms with Crippen molar-refractivity contribution in [2.45, 2.75) is 57.3 Å². The molecule has 1 aliphatic heterocycles. The van der Waals surface area contributed by atoms with E-state index in [1.165, 1.54) is 17.9 Å². The smallest absolute Gasteiger partial charge is 0.410 e. The molecule has 3 aromatic rings. The first kappa shape index (κ1) is 28.3. The number of piperidine rings is 1. The van der Waals surface area contributed by atoms with Crippen molar-refractivity contribution >= 4 is 29.3 Å². The molecule has 0 spiro atoms. The van der Waals surface area contributed by atoms with Gasteiger partial charge >= 0.3 is 6.09 Å². The van der Waals surface area contributed by atoms with Crippen molar-refractivity contribution in [3.63, 3.8) is 0 Å². The molecule has 2 aromatic carbocycles. The maximum absolute atomic E-state index is 14.3. The van der Waals surface area contributed by atoms with E-state index < -0.39 is 41.0 Å². The van der Waals surface area contributed by atoms with Gasteiger partial charge in [0.05, 0.1) is 38.9 Å². The van der Waals surface area contributed by atoms with Crippen LogP contribution in [-0.2, 0) is 10.3 Å². The van der Waals surface area contributed by atoms with E-state index in [4.69, 9.17) is 32.5 Å². The molecule has 1 aliphatic rings. The minimum Gasteiger partial charge on any atom is -0.444 e. The number of amides is 1. The fraction of sp³-hybridized carbons (Fsp3) is 0.407. The van der Waals surface area contributed by atoms with Crippen LogP contribution in [0.2, 0.25) is 10.0 Å². The number of benzene rings is 2. The molecule has 204 valence electrons. The van der Waals surface area contributed by atoms with E-state index in [0.29, 0.717) is 5.56 Å². The molecule has 3 atom stereocenters. The average Bonchev–Trinajstić information content (AvgIpc) is 3.24. The highest BCUT2D eigenvalue weighted by atomic mass is 35.5. The van der Waals surface area contributed by atoms with Crippen molar-refractivity contribution in [3.8, 4) is 11.3 Å². The van der Waals surface area contributed by atoms with Crippen LogP contribution < -0.4 is 0 Å². The summed E-state index contributed by atoms with van der Waals surface area (Å²) in [5.74, 6) is -3.14. The van der Waals surface area contributed by atoms with Crippen LogP contribution >= 0.6 is 23.2 Å². The molecule has 0 radical (unpaired) electrons. The van der Waals surface area contributed by atoms with Crippen LogP contribution in [0, 0.1) is 11.6 Å². The molecule has 0 aliphatic carbocycles. The highest BCUT2D eigenvalue weighted by Crippen LogP contribution is 2.48. The van der Waals surface area contributed by atoms with Gasteiger partial charge in [-0.3, -0.25) is 0 Å². The number of aliphatic hydroxyl groups excluding tert-OH is 1. The molecule has 1 unspecified atom stereocenters. The van der Waals surface area contributed by atoms with Gasteiger partial charge in [-0.15, -0.1) is 0 Å². The van der Waals surface area contributed by atoms with Crippen LogP contribution in [0.4, 0.5) is 13.6 Å². The summed E-state index contributed by atoms with van der Waals surface area (Å²) in [4.78, 5) is 14.4. The number of aromatic nitrogens is 1. The summed E-state index contributed by atoms with van der Waals surface area (Å²) in [6, 6.07) is 7.96. The third-order valence-electron chi connectivity index (χ3n) is 6.51. The lowest BCUT2D eigenvalue weighted by atomic mass is 9.73. The van der Waals surface area contributed by atoms with E-state index >= 15 is 0 Å². The molecule has 38 heavy (non-hydrogen) atoms. The number of rotatable bonds is 4. The summed E-state index contributed by atoms with van der Waals surface area (Å²) in [6.45, 7) is 6.61. The Labute approximate surface area is 228 Å². The molecule has 11 heteroatoms. The fourth-order valence-corrected chi connectivity index (χ4v) is 5.29. The summed E-state index contributed by atoms with van der Waals surface area (Å²) in [6.07, 6.45) is -1.84. The first-order valence-corrected chi connectivity index (χ1v) is 12.8. The molecule has 0 bridgehead atoms. The Kier molecular flexibility index (Phi) is 7.78. The second-order valence-corrected chi connectivity index (χ2v) is 11.2. The van der Waals surface area contributed by atoms with Gasteiger partial charge in [0, 0.05) is 13.1 Å². The van der Waals surface area contributed by atoms with Crippen LogP contribution in [0.25, 0.3) is 11.3 Å². The van der Waals surface area contributed by atoms with E-state index in [-0.39, 0.29) is 52.1 Å². The van der Waals surface area contributed by atoms with Gasteiger partial charge in [0.1, 0.15) is 11.2 Å². The van der Waals surface area contributed by atoms with Crippen LogP contribution in [0.5, 0.6) is 0 Å². The fourth-order valence-electron chi connectivity index (χ4n) is 4.72. The molecule has 1 amide bonds. The standard InChI is InChI=1S/C27H28Cl2F2N2O5/c1-14(34)21-23(32-38-24(21)22-17(28)6-5-7-18(22)29)16-13-33(25(35)37-26(2,3)4)11-10-27(16,36)15-8-9-19(30)20(31)12-15/h5-9,12,14,16,34,36H,10-11,13H2,1-4H3/t14?,16-,27+/m1/s1. The van der Waals surface area contributed by atoms with E-state index in [2.05, 4.69) is 5.16 Å². The topological polar surface area (TPSA) is 96.0 Å². The Morgan fingerprint density at radius 2 is 1.87 bits per heavy atom. The van der Waals surface area contributed by atoms with Crippen LogP contribution in [0.1, 0.15) is 63.0 Å². The molecule has 1 aromatic heterocycles. The van der Waals surface area contributed by atoms with Gasteiger partial charge in [0.15, 0.2) is 17.4 Å². The first-order valence-electron chi connectivity index (χ1n) is 12.0. The Bertz CT molecular complexity index is 1340. The minimum absolute atomic E-state index is 0.0593. The highest BCUT2D eigenvalue weighted by molar-refractivity contribution is 6.39. The minimum atomic E-state index is -1.81. The van der Waals surface area contributed by atoms with Gasteiger partial charge in [0.2, 0.25) is 0 Å². The molecule has 4 rings (SSSR count). The Hall–Kier alpha value is -2.72. The highest BCUT2D eigenvalue weighted by Gasteiger charge is 2.49. The lowest BCUT2D eigenvalue weighted by Crippen LogP contribution is -2.52. The van der Waals surface area contributed by atoms with E-state index in [1.807, 2.05) is 0 Å². The summed E-state index contributed by atoms with van der Waals surface area (Å²) in [5.41, 5.74) is -1.89. The molecular weight excluding hydrogens is 541 g/mol. The second kappa shape index (κ2) is 10.4. The van der Waals surface area contributed by atoms with Gasteiger partial charge < -0.3 is 24.4 Å². The molecule has 1 saturated heterocycles. The predicted octanol–water partition coefficient (Wildman–Crippen LogP) is 6.59. The van der Waals surface area contributed by atoms with Crippen LogP contribution in [0.15, 0.2) is 40.9 Å². The maximum atomic E-state index is 14.3. The summed E-state index contributed by atoms with van der Waals surface area (Å²) in [7, 11) is 0. The Balaban J connectivity index is 1.88. The van der Waals surface area contributed by atoms with E-state index in [0.717, 1.165) is 12.1 Å². The normalized spacial score (nSPS) is 20.9. The SMILES string of the molecule is CC(O)c1c([C@H]2CN(C(=O)OC(C)(C)C)CC[C@]2(O)c2ccc(F)c(F)c2)noc1-c1c(Cl)cccc1Cl. The number of hydrogen-bond acceptors (Lipinski definition) is 6. The van der Waals surface area contributed by atoms with E-state index in [9.17, 15) is 23.8 Å². The number of carbonyl (C=O) groups excluding carboxylic acids is 1. The quantitative estimate of drug-likeness (QED) is 0.368. The number of likely N-dealkylation sites (tertiary alicyclic amines) is 1. The lowest BCUT2D eigenvalue weighted by molar-refractivity contribution is -0.0550. The predicted molar refractivity (Wildman–Crippen MR) is 138 cm³/mol. The third kappa shape index (κ3) is 5.38.